The molecule has 2 atom stereocenters. The molecule has 0 spiro atoms. The van der Waals surface area contributed by atoms with E-state index < -0.39 is 45.5 Å². The number of rotatable bonds is 12. The summed E-state index contributed by atoms with van der Waals surface area (Å²) in [7, 11) is 1.67. The zero-order valence-corrected chi connectivity index (χ0v) is 27.2. The van der Waals surface area contributed by atoms with Gasteiger partial charge in [-0.25, -0.2) is 14.3 Å². The largest absolute Gasteiger partial charge is 0.448 e. The molecule has 0 radical (unpaired) electrons. The van der Waals surface area contributed by atoms with Crippen LogP contribution in [-0.2, 0) is 30.9 Å². The number of esters is 1. The van der Waals surface area contributed by atoms with Gasteiger partial charge < -0.3 is 14.8 Å². The van der Waals surface area contributed by atoms with Crippen molar-refractivity contribution in [3.8, 4) is 0 Å². The quantitative estimate of drug-likeness (QED) is 0.0709. The molecule has 0 aliphatic carbocycles. The maximum absolute atomic E-state index is 14.2. The summed E-state index contributed by atoms with van der Waals surface area (Å²) >= 11 is 19.8. The van der Waals surface area contributed by atoms with Gasteiger partial charge in [0.1, 0.15) is 11.1 Å². The molecule has 2 aliphatic rings. The van der Waals surface area contributed by atoms with E-state index in [0.717, 1.165) is 0 Å². The Balaban J connectivity index is 1.50. The second kappa shape index (κ2) is 13.9. The van der Waals surface area contributed by atoms with E-state index in [-0.39, 0.29) is 23.6 Å². The van der Waals surface area contributed by atoms with Crippen molar-refractivity contribution in [2.24, 2.45) is 7.05 Å². The highest BCUT2D eigenvalue weighted by atomic mass is 35.5. The predicted molar refractivity (Wildman–Crippen MR) is 167 cm³/mol. The lowest BCUT2D eigenvalue weighted by Crippen LogP contribution is -2.85. The predicted octanol–water partition coefficient (Wildman–Crippen LogP) is 3.34. The molecule has 1 aromatic heterocycles. The summed E-state index contributed by atoms with van der Waals surface area (Å²) in [5, 5.41) is 15.7. The number of hydrogen-bond donors (Lipinski definition) is 2. The van der Waals surface area contributed by atoms with Gasteiger partial charge in [0, 0.05) is 18.6 Å². The number of carbonyl (C=O) groups is 4. The van der Waals surface area contributed by atoms with Crippen LogP contribution in [0.15, 0.2) is 77.1 Å². The molecule has 1 saturated heterocycles. The van der Waals surface area contributed by atoms with Gasteiger partial charge in [-0.05, 0) is 27.1 Å². The van der Waals surface area contributed by atoms with Gasteiger partial charge in [-0.3, -0.25) is 19.8 Å². The van der Waals surface area contributed by atoms with Crippen LogP contribution in [-0.4, -0.2) is 82.4 Å². The smallest absolute Gasteiger partial charge is 0.412 e. The van der Waals surface area contributed by atoms with Gasteiger partial charge in [0.15, 0.2) is 6.10 Å². The lowest BCUT2D eigenvalue weighted by molar-refractivity contribution is -0.162. The highest BCUT2D eigenvalue weighted by Crippen LogP contribution is 2.46. The third kappa shape index (κ3) is 6.87. The fraction of sp³-hybridized carbons (Fsp3) is 0.296. The van der Waals surface area contributed by atoms with Crippen molar-refractivity contribution in [3.05, 3.63) is 83.1 Å². The van der Waals surface area contributed by atoms with Crippen LogP contribution in [0.5, 0.6) is 0 Å². The minimum absolute atomic E-state index is 0.0356. The number of nitrogens with zero attached hydrogens (tertiary/aromatic N) is 5. The maximum atomic E-state index is 14.2. The van der Waals surface area contributed by atoms with Crippen molar-refractivity contribution < 1.29 is 28.7 Å². The monoisotopic (exact) mass is 711 g/mol. The number of amides is 3. The Hall–Kier alpha value is -3.50. The molecule has 0 bridgehead atoms. The standard InChI is InChI=1S/C27H24Cl3N7O6S2/c1-36-24(33-34-35-36)45-13-18-12-44-23-27(31-15-38,32-25(41)43-26(29,30)14-28)22(40)37(23)19(18)21(39)42-20(16-8-4-2-5-9-16)17-10-6-3-7-11-17/h2-11,15,20,23H,12-14H2,1H3,(H,31,38)(H,32,41)/t23-,27-/m1/s1. The second-order valence-corrected chi connectivity index (χ2v) is 13.3. The van der Waals surface area contributed by atoms with Crippen LogP contribution in [0.3, 0.4) is 0 Å². The molecule has 3 aromatic rings. The number of thioether (sulfide) groups is 2. The molecule has 13 nitrogen and oxygen atoms in total. The minimum Gasteiger partial charge on any atom is -0.448 e. The number of alkyl carbamates (subject to hydrolysis) is 1. The lowest BCUT2D eigenvalue weighted by Gasteiger charge is -2.56. The average molecular weight is 713 g/mol. The number of β-lactam (4-membered cyclic amide) rings is 1. The van der Waals surface area contributed by atoms with Gasteiger partial charge in [0.25, 0.3) is 10.4 Å². The van der Waals surface area contributed by atoms with Crippen LogP contribution in [0.2, 0.25) is 0 Å². The van der Waals surface area contributed by atoms with Crippen molar-refractivity contribution in [2.75, 3.05) is 17.4 Å². The molecule has 2 aliphatic heterocycles. The van der Waals surface area contributed by atoms with E-state index in [9.17, 15) is 19.2 Å². The van der Waals surface area contributed by atoms with Gasteiger partial charge in [-0.1, -0.05) is 95.6 Å². The Morgan fingerprint density at radius 2 is 1.82 bits per heavy atom. The molecule has 18 heteroatoms. The third-order valence-electron chi connectivity index (χ3n) is 6.72. The van der Waals surface area contributed by atoms with Gasteiger partial charge in [-0.2, -0.15) is 0 Å². The first kappa shape index (κ1) is 32.9. The normalized spacial score (nSPS) is 19.4. The van der Waals surface area contributed by atoms with E-state index in [0.29, 0.717) is 21.9 Å². The number of halogens is 3. The molecule has 2 N–H and O–H groups in total. The summed E-state index contributed by atoms with van der Waals surface area (Å²) in [6, 6.07) is 18.3. The number of ether oxygens (including phenoxy) is 2. The summed E-state index contributed by atoms with van der Waals surface area (Å²) in [4.78, 5) is 53.6. The number of tetrazole rings is 1. The summed E-state index contributed by atoms with van der Waals surface area (Å²) < 4.78 is 10.4. The number of aromatic nitrogens is 4. The van der Waals surface area contributed by atoms with E-state index in [1.54, 1.807) is 7.05 Å². The molecule has 0 saturated carbocycles. The highest BCUT2D eigenvalue weighted by Gasteiger charge is 2.66. The van der Waals surface area contributed by atoms with Gasteiger partial charge >= 0.3 is 12.1 Å². The van der Waals surface area contributed by atoms with E-state index in [1.807, 2.05) is 60.7 Å². The van der Waals surface area contributed by atoms with Crippen molar-refractivity contribution in [2.45, 2.75) is 26.8 Å². The van der Waals surface area contributed by atoms with Crippen molar-refractivity contribution in [1.82, 2.24) is 35.7 Å². The molecular formula is C27H24Cl3N7O6S2. The molecule has 5 rings (SSSR count). The number of hydrogen-bond acceptors (Lipinski definition) is 11. The zero-order valence-electron chi connectivity index (χ0n) is 23.3. The highest BCUT2D eigenvalue weighted by molar-refractivity contribution is 8.01. The Kier molecular flexibility index (Phi) is 10.1. The zero-order chi connectivity index (χ0) is 32.2. The topological polar surface area (TPSA) is 158 Å². The fourth-order valence-electron chi connectivity index (χ4n) is 4.69. The van der Waals surface area contributed by atoms with Crippen LogP contribution in [0.25, 0.3) is 0 Å². The van der Waals surface area contributed by atoms with E-state index in [2.05, 4.69) is 26.2 Å². The van der Waals surface area contributed by atoms with Crippen LogP contribution in [0.1, 0.15) is 17.2 Å². The molecule has 0 unspecified atom stereocenters. The van der Waals surface area contributed by atoms with Crippen molar-refractivity contribution in [3.63, 3.8) is 0 Å². The minimum atomic E-state index is -2.10. The molecule has 1 fully saturated rings. The first-order valence-electron chi connectivity index (χ1n) is 13.1. The number of alkyl halides is 3. The van der Waals surface area contributed by atoms with Crippen molar-refractivity contribution in [1.29, 1.82) is 0 Å². The first-order chi connectivity index (χ1) is 21.6. The molecule has 236 valence electrons. The van der Waals surface area contributed by atoms with E-state index in [1.165, 1.54) is 33.1 Å². The summed E-state index contributed by atoms with van der Waals surface area (Å²) in [6.45, 7) is 0. The van der Waals surface area contributed by atoms with Gasteiger partial charge in [0.05, 0.1) is 5.88 Å². The Labute approximate surface area is 280 Å². The number of fused-ring (bicyclic) bond motifs is 1. The summed E-state index contributed by atoms with van der Waals surface area (Å²) in [5.74, 6) is -1.64. The lowest BCUT2D eigenvalue weighted by atomic mass is 9.95. The number of aryl methyl sites for hydroxylation is 1. The van der Waals surface area contributed by atoms with Crippen LogP contribution in [0.4, 0.5) is 4.79 Å². The Morgan fingerprint density at radius 3 is 2.38 bits per heavy atom. The number of nitrogens with one attached hydrogen (secondary N) is 2. The van der Waals surface area contributed by atoms with E-state index >= 15 is 0 Å². The fourth-order valence-corrected chi connectivity index (χ4v) is 7.30. The molecule has 2 aromatic carbocycles. The second-order valence-electron chi connectivity index (χ2n) is 9.63. The SMILES string of the molecule is Cn1nnnc1SCC1=C(C(=O)OC(c2ccccc2)c2ccccc2)N2C(=O)[C@@](NC=O)(NC(=O)OC(Cl)(Cl)CCl)[C@H]2SC1. The van der Waals surface area contributed by atoms with Gasteiger partial charge in [0.2, 0.25) is 17.2 Å². The Bertz CT molecular complexity index is 1570. The van der Waals surface area contributed by atoms with Crippen LogP contribution in [0, 0.1) is 0 Å². The van der Waals surface area contributed by atoms with Crippen LogP contribution < -0.4 is 10.6 Å². The summed E-state index contributed by atoms with van der Waals surface area (Å²) in [6.07, 6.45) is -1.78. The van der Waals surface area contributed by atoms with Crippen molar-refractivity contribution >= 4 is 82.7 Å². The number of carbonyl (C=O) groups excluding carboxylic acids is 4. The van der Waals surface area contributed by atoms with E-state index in [4.69, 9.17) is 44.3 Å². The number of benzene rings is 2. The van der Waals surface area contributed by atoms with Crippen LogP contribution >= 0.6 is 58.3 Å². The maximum Gasteiger partial charge on any atom is 0.412 e. The Morgan fingerprint density at radius 1 is 1.18 bits per heavy atom. The molecule has 45 heavy (non-hydrogen) atoms. The first-order valence-corrected chi connectivity index (χ1v) is 16.4. The van der Waals surface area contributed by atoms with Gasteiger partial charge in [-0.15, -0.1) is 28.5 Å². The molecule has 3 amide bonds. The molecular weight excluding hydrogens is 689 g/mol. The molecule has 3 heterocycles. The summed E-state index contributed by atoms with van der Waals surface area (Å²) in [5.41, 5.74) is -0.0577. The average Bonchev–Trinajstić information content (AvgIpc) is 3.46. The third-order valence-corrected chi connectivity index (χ3v) is 10.3.